The number of ether oxygens (including phenoxy) is 1. The first-order chi connectivity index (χ1) is 9.58. The number of thiophene rings is 1. The summed E-state index contributed by atoms with van der Waals surface area (Å²) in [4.78, 5) is 14.7. The van der Waals surface area contributed by atoms with Gasteiger partial charge in [0.05, 0.1) is 22.9 Å². The molecule has 0 unspecified atom stereocenters. The molecule has 0 saturated carbocycles. The highest BCUT2D eigenvalue weighted by molar-refractivity contribution is 7.18. The van der Waals surface area contributed by atoms with Gasteiger partial charge in [0, 0.05) is 6.54 Å². The number of hydrogen-bond acceptors (Lipinski definition) is 4. The van der Waals surface area contributed by atoms with Crippen LogP contribution in [0.4, 0.5) is 0 Å². The molecule has 0 radical (unpaired) electrons. The number of benzene rings is 1. The molecule has 2 aromatic rings. The van der Waals surface area contributed by atoms with E-state index in [1.807, 2.05) is 36.2 Å². The van der Waals surface area contributed by atoms with Crippen LogP contribution in [-0.2, 0) is 6.54 Å². The van der Waals surface area contributed by atoms with Crippen LogP contribution in [-0.4, -0.2) is 31.4 Å². The summed E-state index contributed by atoms with van der Waals surface area (Å²) < 4.78 is 5.83. The van der Waals surface area contributed by atoms with Crippen LogP contribution in [0.5, 0.6) is 5.75 Å². The predicted octanol–water partition coefficient (Wildman–Crippen LogP) is 3.72. The van der Waals surface area contributed by atoms with Gasteiger partial charge in [0.25, 0.3) is 0 Å². The second-order valence-corrected chi connectivity index (χ2v) is 6.27. The Hall–Kier alpha value is -1.36. The number of Topliss-reactive ketones (excluding diaryl/α,β-unsaturated/α-hetero) is 1. The molecule has 0 saturated heterocycles. The molecule has 0 aliphatic carbocycles. The predicted molar refractivity (Wildman–Crippen MR) is 83.0 cm³/mol. The summed E-state index contributed by atoms with van der Waals surface area (Å²) >= 11 is 7.16. The van der Waals surface area contributed by atoms with Gasteiger partial charge in [0.2, 0.25) is 0 Å². The highest BCUT2D eigenvalue weighted by Crippen LogP contribution is 2.22. The topological polar surface area (TPSA) is 29.5 Å². The minimum atomic E-state index is 0.0901. The van der Waals surface area contributed by atoms with Crippen LogP contribution < -0.4 is 4.74 Å². The fraction of sp³-hybridized carbons (Fsp3) is 0.267. The summed E-state index contributed by atoms with van der Waals surface area (Å²) in [5.41, 5.74) is 1.11. The lowest BCUT2D eigenvalue weighted by atomic mass is 10.2. The van der Waals surface area contributed by atoms with E-state index >= 15 is 0 Å². The van der Waals surface area contributed by atoms with Crippen LogP contribution in [0.3, 0.4) is 0 Å². The van der Waals surface area contributed by atoms with Gasteiger partial charge in [-0.2, -0.15) is 0 Å². The van der Waals surface area contributed by atoms with E-state index in [1.54, 1.807) is 19.2 Å². The zero-order chi connectivity index (χ0) is 14.5. The van der Waals surface area contributed by atoms with Crippen LogP contribution in [0.15, 0.2) is 36.4 Å². The minimum Gasteiger partial charge on any atom is -0.497 e. The Balaban J connectivity index is 1.94. The molecule has 5 heteroatoms. The molecule has 1 heterocycles. The summed E-state index contributed by atoms with van der Waals surface area (Å²) in [6.07, 6.45) is 0. The van der Waals surface area contributed by atoms with E-state index < -0.39 is 0 Å². The fourth-order valence-electron chi connectivity index (χ4n) is 1.93. The number of likely N-dealkylation sites (N-methyl/N-ethyl adjacent to an activating group) is 1. The maximum absolute atomic E-state index is 12.1. The Kier molecular flexibility index (Phi) is 5.17. The number of ketones is 1. The van der Waals surface area contributed by atoms with Crippen LogP contribution in [0.25, 0.3) is 0 Å². The zero-order valence-corrected chi connectivity index (χ0v) is 13.0. The van der Waals surface area contributed by atoms with E-state index in [0.29, 0.717) is 22.3 Å². The molecule has 0 atom stereocenters. The van der Waals surface area contributed by atoms with E-state index in [0.717, 1.165) is 11.3 Å². The van der Waals surface area contributed by atoms with E-state index in [1.165, 1.54) is 11.3 Å². The van der Waals surface area contributed by atoms with Crippen molar-refractivity contribution >= 4 is 28.7 Å². The molecule has 0 aliphatic heterocycles. The van der Waals surface area contributed by atoms with E-state index in [2.05, 4.69) is 0 Å². The molecule has 1 aromatic carbocycles. The van der Waals surface area contributed by atoms with Crippen molar-refractivity contribution in [2.24, 2.45) is 0 Å². The molecule has 0 N–H and O–H groups in total. The minimum absolute atomic E-state index is 0.0901. The first kappa shape index (κ1) is 15.0. The lowest BCUT2D eigenvalue weighted by molar-refractivity contribution is 0.0947. The molecule has 0 aliphatic rings. The average molecular weight is 310 g/mol. The Morgan fingerprint density at radius 2 is 2.15 bits per heavy atom. The summed E-state index contributed by atoms with van der Waals surface area (Å²) in [5.74, 6) is 0.916. The molecular weight excluding hydrogens is 294 g/mol. The molecule has 0 fully saturated rings. The smallest absolute Gasteiger partial charge is 0.186 e. The quantitative estimate of drug-likeness (QED) is 0.762. The molecule has 0 amide bonds. The summed E-state index contributed by atoms with van der Waals surface area (Å²) in [6, 6.07) is 11.4. The van der Waals surface area contributed by atoms with Crippen molar-refractivity contribution in [3.8, 4) is 5.75 Å². The van der Waals surface area contributed by atoms with Gasteiger partial charge in [-0.3, -0.25) is 9.69 Å². The fourth-order valence-corrected chi connectivity index (χ4v) is 2.90. The second-order valence-electron chi connectivity index (χ2n) is 4.55. The summed E-state index contributed by atoms with van der Waals surface area (Å²) in [5, 5.41) is 0. The van der Waals surface area contributed by atoms with Crippen LogP contribution >= 0.6 is 22.9 Å². The Morgan fingerprint density at radius 3 is 2.80 bits per heavy atom. The monoisotopic (exact) mass is 309 g/mol. The van der Waals surface area contributed by atoms with Crippen molar-refractivity contribution in [3.05, 3.63) is 51.2 Å². The molecular formula is C15H16ClNO2S. The van der Waals surface area contributed by atoms with Crippen LogP contribution in [0.1, 0.15) is 15.2 Å². The van der Waals surface area contributed by atoms with E-state index in [9.17, 15) is 4.79 Å². The third-order valence-corrected chi connectivity index (χ3v) is 4.12. The summed E-state index contributed by atoms with van der Waals surface area (Å²) in [7, 11) is 3.57. The van der Waals surface area contributed by atoms with Gasteiger partial charge in [-0.05, 0) is 36.9 Å². The SMILES string of the molecule is COc1cccc(CN(C)CC(=O)c2ccc(Cl)s2)c1. The maximum atomic E-state index is 12.1. The van der Waals surface area contributed by atoms with Crippen molar-refractivity contribution < 1.29 is 9.53 Å². The lowest BCUT2D eigenvalue weighted by Crippen LogP contribution is -2.25. The van der Waals surface area contributed by atoms with Gasteiger partial charge < -0.3 is 4.74 Å². The average Bonchev–Trinajstić information content (AvgIpc) is 2.85. The number of nitrogens with zero attached hydrogens (tertiary/aromatic N) is 1. The molecule has 3 nitrogen and oxygen atoms in total. The standard InChI is InChI=1S/C15H16ClNO2S/c1-17(9-11-4-3-5-12(8-11)19-2)10-13(18)14-6-7-15(16)20-14/h3-8H,9-10H2,1-2H3. The van der Waals surface area contributed by atoms with Crippen molar-refractivity contribution in [3.63, 3.8) is 0 Å². The van der Waals surface area contributed by atoms with Crippen molar-refractivity contribution in [2.45, 2.75) is 6.54 Å². The van der Waals surface area contributed by atoms with Crippen molar-refractivity contribution in [1.29, 1.82) is 0 Å². The first-order valence-electron chi connectivity index (χ1n) is 6.18. The number of methoxy groups -OCH3 is 1. The molecule has 20 heavy (non-hydrogen) atoms. The third kappa shape index (κ3) is 4.07. The number of rotatable bonds is 6. The van der Waals surface area contributed by atoms with Crippen LogP contribution in [0, 0.1) is 0 Å². The number of hydrogen-bond donors (Lipinski definition) is 0. The summed E-state index contributed by atoms with van der Waals surface area (Å²) in [6.45, 7) is 1.07. The van der Waals surface area contributed by atoms with Gasteiger partial charge >= 0.3 is 0 Å². The Morgan fingerprint density at radius 1 is 1.35 bits per heavy atom. The number of carbonyl (C=O) groups excluding carboxylic acids is 1. The number of halogens is 1. The zero-order valence-electron chi connectivity index (χ0n) is 11.4. The maximum Gasteiger partial charge on any atom is 0.186 e. The first-order valence-corrected chi connectivity index (χ1v) is 7.38. The highest BCUT2D eigenvalue weighted by atomic mass is 35.5. The molecule has 0 bridgehead atoms. The molecule has 2 rings (SSSR count). The third-order valence-electron chi connectivity index (χ3n) is 2.85. The molecule has 106 valence electrons. The second kappa shape index (κ2) is 6.88. The largest absolute Gasteiger partial charge is 0.497 e. The van der Waals surface area contributed by atoms with E-state index in [4.69, 9.17) is 16.3 Å². The highest BCUT2D eigenvalue weighted by Gasteiger charge is 2.12. The van der Waals surface area contributed by atoms with Gasteiger partial charge in [0.1, 0.15) is 5.75 Å². The van der Waals surface area contributed by atoms with Gasteiger partial charge in [-0.1, -0.05) is 23.7 Å². The van der Waals surface area contributed by atoms with Gasteiger partial charge in [0.15, 0.2) is 5.78 Å². The van der Waals surface area contributed by atoms with E-state index in [-0.39, 0.29) is 5.78 Å². The van der Waals surface area contributed by atoms with Gasteiger partial charge in [-0.15, -0.1) is 11.3 Å². The molecule has 1 aromatic heterocycles. The number of carbonyl (C=O) groups is 1. The Bertz CT molecular complexity index is 597. The van der Waals surface area contributed by atoms with Crippen molar-refractivity contribution in [1.82, 2.24) is 4.90 Å². The Labute approximate surface area is 127 Å². The lowest BCUT2D eigenvalue weighted by Gasteiger charge is -2.15. The normalized spacial score (nSPS) is 10.8. The van der Waals surface area contributed by atoms with Gasteiger partial charge in [-0.25, -0.2) is 0 Å². The molecule has 0 spiro atoms. The van der Waals surface area contributed by atoms with Crippen molar-refractivity contribution in [2.75, 3.05) is 20.7 Å². The van der Waals surface area contributed by atoms with Crippen LogP contribution in [0.2, 0.25) is 4.34 Å².